The highest BCUT2D eigenvalue weighted by Crippen LogP contribution is 2.44. The fourth-order valence-corrected chi connectivity index (χ4v) is 4.16. The van der Waals surface area contributed by atoms with Crippen molar-refractivity contribution in [3.8, 4) is 11.3 Å². The summed E-state index contributed by atoms with van der Waals surface area (Å²) in [6.07, 6.45) is 6.26. The van der Waals surface area contributed by atoms with Crippen molar-refractivity contribution >= 4 is 11.6 Å². The van der Waals surface area contributed by atoms with E-state index in [2.05, 4.69) is 15.6 Å². The Kier molecular flexibility index (Phi) is 3.88. The predicted molar refractivity (Wildman–Crippen MR) is 92.6 cm³/mol. The number of anilines is 1. The van der Waals surface area contributed by atoms with Gasteiger partial charge in [0.05, 0.1) is 11.6 Å². The average molecular weight is 325 g/mol. The molecule has 1 aromatic carbocycles. The summed E-state index contributed by atoms with van der Waals surface area (Å²) in [5.41, 5.74) is 1.58. The van der Waals surface area contributed by atoms with Gasteiger partial charge in [-0.05, 0) is 49.6 Å². The minimum absolute atomic E-state index is 0.167. The molecule has 1 aromatic heterocycles. The lowest BCUT2D eigenvalue weighted by Gasteiger charge is -2.37. The summed E-state index contributed by atoms with van der Waals surface area (Å²) in [5.74, 6) is 2.04. The van der Waals surface area contributed by atoms with Crippen LogP contribution in [0.5, 0.6) is 0 Å². The summed E-state index contributed by atoms with van der Waals surface area (Å²) in [6.45, 7) is 3.60. The fraction of sp³-hybridized carbons (Fsp3) is 0.474. The summed E-state index contributed by atoms with van der Waals surface area (Å²) >= 11 is 0. The SMILES string of the molecule is Cc1ncc(-c2ccc(NC(=O)[C@@]34CCCC[C@H]3CNC4)cc2)o1. The van der Waals surface area contributed by atoms with Gasteiger partial charge in [0.1, 0.15) is 0 Å². The van der Waals surface area contributed by atoms with E-state index >= 15 is 0 Å². The molecule has 2 N–H and O–H groups in total. The molecule has 1 saturated carbocycles. The van der Waals surface area contributed by atoms with E-state index in [0.717, 1.165) is 49.4 Å². The molecule has 1 aliphatic carbocycles. The van der Waals surface area contributed by atoms with Gasteiger partial charge in [-0.1, -0.05) is 12.8 Å². The first-order valence-electron chi connectivity index (χ1n) is 8.72. The molecule has 2 atom stereocenters. The smallest absolute Gasteiger partial charge is 0.232 e. The zero-order valence-electron chi connectivity index (χ0n) is 14.0. The van der Waals surface area contributed by atoms with Gasteiger partial charge >= 0.3 is 0 Å². The van der Waals surface area contributed by atoms with E-state index < -0.39 is 0 Å². The van der Waals surface area contributed by atoms with Crippen LogP contribution in [0.1, 0.15) is 31.6 Å². The standard InChI is InChI=1S/C19H23N3O2/c1-13-21-11-17(24-13)14-5-7-16(8-6-14)22-18(23)19-9-3-2-4-15(19)10-20-12-19/h5-8,11,15,20H,2-4,9-10,12H2,1H3,(H,22,23)/t15-,19+/m0/s1. The van der Waals surface area contributed by atoms with Crippen LogP contribution in [0, 0.1) is 18.3 Å². The van der Waals surface area contributed by atoms with Crippen LogP contribution in [-0.4, -0.2) is 24.0 Å². The maximum absolute atomic E-state index is 12.9. The van der Waals surface area contributed by atoms with Crippen molar-refractivity contribution < 1.29 is 9.21 Å². The first kappa shape index (κ1) is 15.4. The normalized spacial score (nSPS) is 26.1. The van der Waals surface area contributed by atoms with E-state index in [4.69, 9.17) is 4.42 Å². The number of hydrogen-bond acceptors (Lipinski definition) is 4. The molecule has 2 aromatic rings. The summed E-state index contributed by atoms with van der Waals surface area (Å²) in [6, 6.07) is 7.78. The summed E-state index contributed by atoms with van der Waals surface area (Å²) in [7, 11) is 0. The zero-order chi connectivity index (χ0) is 16.6. The molecule has 5 nitrogen and oxygen atoms in total. The molecule has 5 heteroatoms. The summed E-state index contributed by atoms with van der Waals surface area (Å²) < 4.78 is 5.53. The molecule has 0 bridgehead atoms. The van der Waals surface area contributed by atoms with Crippen LogP contribution in [0.4, 0.5) is 5.69 Å². The minimum atomic E-state index is -0.223. The topological polar surface area (TPSA) is 67.2 Å². The lowest BCUT2D eigenvalue weighted by atomic mass is 9.67. The van der Waals surface area contributed by atoms with Crippen LogP contribution >= 0.6 is 0 Å². The molecular weight excluding hydrogens is 302 g/mol. The maximum Gasteiger partial charge on any atom is 0.232 e. The van der Waals surface area contributed by atoms with Gasteiger partial charge in [-0.2, -0.15) is 0 Å². The van der Waals surface area contributed by atoms with Gasteiger partial charge in [-0.3, -0.25) is 4.79 Å². The molecule has 0 unspecified atom stereocenters. The van der Waals surface area contributed by atoms with Crippen LogP contribution < -0.4 is 10.6 Å². The number of fused-ring (bicyclic) bond motifs is 1. The lowest BCUT2D eigenvalue weighted by molar-refractivity contribution is -0.128. The molecule has 2 aliphatic rings. The van der Waals surface area contributed by atoms with Crippen molar-refractivity contribution in [2.75, 3.05) is 18.4 Å². The molecule has 1 saturated heterocycles. The zero-order valence-corrected chi connectivity index (χ0v) is 14.0. The van der Waals surface area contributed by atoms with Gasteiger partial charge in [0.2, 0.25) is 5.91 Å². The fourth-order valence-electron chi connectivity index (χ4n) is 4.16. The molecule has 24 heavy (non-hydrogen) atoms. The molecule has 0 radical (unpaired) electrons. The van der Waals surface area contributed by atoms with Crippen molar-refractivity contribution in [3.05, 3.63) is 36.4 Å². The Labute approximate surface area is 141 Å². The van der Waals surface area contributed by atoms with Gasteiger partial charge in [-0.25, -0.2) is 4.98 Å². The van der Waals surface area contributed by atoms with Crippen molar-refractivity contribution in [3.63, 3.8) is 0 Å². The van der Waals surface area contributed by atoms with E-state index in [0.29, 0.717) is 11.8 Å². The number of aromatic nitrogens is 1. The largest absolute Gasteiger partial charge is 0.441 e. The number of carbonyl (C=O) groups is 1. The first-order valence-corrected chi connectivity index (χ1v) is 8.72. The number of carbonyl (C=O) groups excluding carboxylic acids is 1. The Bertz CT molecular complexity index is 737. The van der Waals surface area contributed by atoms with Gasteiger partial charge in [0, 0.05) is 24.7 Å². The van der Waals surface area contributed by atoms with Crippen LogP contribution in [0.3, 0.4) is 0 Å². The molecular formula is C19H23N3O2. The number of hydrogen-bond donors (Lipinski definition) is 2. The van der Waals surface area contributed by atoms with Crippen LogP contribution in [0.2, 0.25) is 0 Å². The molecule has 4 rings (SSSR count). The third-order valence-electron chi connectivity index (χ3n) is 5.54. The second-order valence-electron chi connectivity index (χ2n) is 7.00. The molecule has 1 amide bonds. The number of benzene rings is 1. The molecule has 2 heterocycles. The van der Waals surface area contributed by atoms with Crippen molar-refractivity contribution in [1.82, 2.24) is 10.3 Å². The maximum atomic E-state index is 12.9. The predicted octanol–water partition coefficient (Wildman–Crippen LogP) is 3.37. The summed E-state index contributed by atoms with van der Waals surface area (Å²) in [5, 5.41) is 6.56. The Balaban J connectivity index is 1.50. The highest BCUT2D eigenvalue weighted by molar-refractivity contribution is 5.96. The third-order valence-corrected chi connectivity index (χ3v) is 5.54. The van der Waals surface area contributed by atoms with Crippen LogP contribution in [0.25, 0.3) is 11.3 Å². The van der Waals surface area contributed by atoms with E-state index in [9.17, 15) is 4.79 Å². The number of nitrogens with one attached hydrogen (secondary N) is 2. The molecule has 126 valence electrons. The Morgan fingerprint density at radius 1 is 1.33 bits per heavy atom. The third kappa shape index (κ3) is 2.63. The van der Waals surface area contributed by atoms with Gasteiger partial charge in [0.25, 0.3) is 0 Å². The Hall–Kier alpha value is -2.14. The number of rotatable bonds is 3. The average Bonchev–Trinajstić information content (AvgIpc) is 3.22. The van der Waals surface area contributed by atoms with Crippen LogP contribution in [0.15, 0.2) is 34.9 Å². The number of amides is 1. The van der Waals surface area contributed by atoms with E-state index in [1.807, 2.05) is 31.2 Å². The van der Waals surface area contributed by atoms with Gasteiger partial charge < -0.3 is 15.1 Å². The first-order chi connectivity index (χ1) is 11.7. The highest BCUT2D eigenvalue weighted by atomic mass is 16.4. The highest BCUT2D eigenvalue weighted by Gasteiger charge is 2.49. The van der Waals surface area contributed by atoms with Gasteiger partial charge in [-0.15, -0.1) is 0 Å². The minimum Gasteiger partial charge on any atom is -0.441 e. The lowest BCUT2D eigenvalue weighted by Crippen LogP contribution is -2.44. The quantitative estimate of drug-likeness (QED) is 0.908. The summed E-state index contributed by atoms with van der Waals surface area (Å²) in [4.78, 5) is 17.1. The Morgan fingerprint density at radius 2 is 2.17 bits per heavy atom. The molecule has 1 aliphatic heterocycles. The second kappa shape index (κ2) is 6.06. The van der Waals surface area contributed by atoms with Crippen molar-refractivity contribution in [2.24, 2.45) is 11.3 Å². The van der Waals surface area contributed by atoms with Crippen LogP contribution in [-0.2, 0) is 4.79 Å². The van der Waals surface area contributed by atoms with Gasteiger partial charge in [0.15, 0.2) is 11.7 Å². The van der Waals surface area contributed by atoms with E-state index in [1.54, 1.807) is 6.20 Å². The Morgan fingerprint density at radius 3 is 2.92 bits per heavy atom. The number of oxazole rings is 1. The van der Waals surface area contributed by atoms with E-state index in [-0.39, 0.29) is 11.3 Å². The monoisotopic (exact) mass is 325 g/mol. The van der Waals surface area contributed by atoms with E-state index in [1.165, 1.54) is 6.42 Å². The second-order valence-corrected chi connectivity index (χ2v) is 7.00. The molecule has 2 fully saturated rings. The van der Waals surface area contributed by atoms with Crippen molar-refractivity contribution in [2.45, 2.75) is 32.6 Å². The molecule has 0 spiro atoms. The number of nitrogens with zero attached hydrogens (tertiary/aromatic N) is 1. The number of aryl methyl sites for hydroxylation is 1. The van der Waals surface area contributed by atoms with Crippen molar-refractivity contribution in [1.29, 1.82) is 0 Å².